The quantitative estimate of drug-likeness (QED) is 0.369. The first kappa shape index (κ1) is 27.6. The normalized spacial score (nSPS) is 15.3. The maximum Gasteiger partial charge on any atom is 0.256 e. The van der Waals surface area contributed by atoms with Crippen LogP contribution in [0.2, 0.25) is 0 Å². The molecular weight excluding hydrogens is 500 g/mol. The number of hydrogen-bond acceptors (Lipinski definition) is 5. The van der Waals surface area contributed by atoms with Crippen LogP contribution in [0.25, 0.3) is 0 Å². The number of nitrogens with zero attached hydrogens (tertiary/aromatic N) is 3. The summed E-state index contributed by atoms with van der Waals surface area (Å²) in [5.74, 6) is 0.743. The minimum Gasteiger partial charge on any atom is -0.495 e. The van der Waals surface area contributed by atoms with Gasteiger partial charge in [-0.2, -0.15) is 0 Å². The number of benzene rings is 3. The highest BCUT2D eigenvalue weighted by Gasteiger charge is 2.27. The van der Waals surface area contributed by atoms with Crippen LogP contribution in [-0.4, -0.2) is 63.1 Å². The number of unbranched alkanes of at least 4 members (excludes halogenated alkanes) is 1. The number of piperazine rings is 1. The third kappa shape index (κ3) is 6.24. The van der Waals surface area contributed by atoms with Crippen LogP contribution >= 0.6 is 0 Å². The van der Waals surface area contributed by atoms with Crippen LogP contribution in [0.3, 0.4) is 0 Å². The highest BCUT2D eigenvalue weighted by molar-refractivity contribution is 6.06. The number of para-hydroxylation sites is 2. The van der Waals surface area contributed by atoms with Gasteiger partial charge in [-0.25, -0.2) is 0 Å². The number of likely N-dealkylation sites (tertiary alicyclic amines) is 1. The number of amides is 2. The summed E-state index contributed by atoms with van der Waals surface area (Å²) in [7, 11) is 1.70. The first-order chi connectivity index (χ1) is 19.6. The molecule has 7 heteroatoms. The molecule has 3 aromatic carbocycles. The Morgan fingerprint density at radius 3 is 2.17 bits per heavy atom. The van der Waals surface area contributed by atoms with Crippen molar-refractivity contribution in [2.75, 3.05) is 61.5 Å². The van der Waals surface area contributed by atoms with E-state index in [-0.39, 0.29) is 11.8 Å². The first-order valence-corrected chi connectivity index (χ1v) is 14.5. The molecular formula is C33H40N4O3. The van der Waals surface area contributed by atoms with Crippen LogP contribution in [0, 0.1) is 0 Å². The molecule has 0 saturated carbocycles. The van der Waals surface area contributed by atoms with Crippen molar-refractivity contribution in [1.82, 2.24) is 4.90 Å². The Morgan fingerprint density at radius 1 is 0.825 bits per heavy atom. The Bertz CT molecular complexity index is 1310. The van der Waals surface area contributed by atoms with Crippen molar-refractivity contribution < 1.29 is 14.3 Å². The third-order valence-corrected chi connectivity index (χ3v) is 7.96. The van der Waals surface area contributed by atoms with E-state index in [2.05, 4.69) is 28.1 Å². The van der Waals surface area contributed by atoms with Gasteiger partial charge < -0.3 is 24.8 Å². The monoisotopic (exact) mass is 540 g/mol. The van der Waals surface area contributed by atoms with Gasteiger partial charge in [0.05, 0.1) is 18.4 Å². The predicted molar refractivity (Wildman–Crippen MR) is 162 cm³/mol. The fraction of sp³-hybridized carbons (Fsp3) is 0.394. The van der Waals surface area contributed by atoms with Crippen molar-refractivity contribution in [3.63, 3.8) is 0 Å². The lowest BCUT2D eigenvalue weighted by Crippen LogP contribution is -2.47. The molecule has 3 aromatic rings. The van der Waals surface area contributed by atoms with Crippen molar-refractivity contribution in [2.24, 2.45) is 0 Å². The third-order valence-electron chi connectivity index (χ3n) is 7.96. The molecule has 0 aliphatic carbocycles. The van der Waals surface area contributed by atoms with E-state index in [1.54, 1.807) is 7.11 Å². The SMILES string of the molecule is CCCCc1ccc(C(=O)Nc2ccc(N3CCN(c4ccccc4OC)CC3)c(C(=O)N3CCCC3)c2)cc1. The summed E-state index contributed by atoms with van der Waals surface area (Å²) < 4.78 is 5.58. The Morgan fingerprint density at radius 2 is 1.50 bits per heavy atom. The van der Waals surface area contributed by atoms with Crippen molar-refractivity contribution >= 4 is 28.9 Å². The van der Waals surface area contributed by atoms with Gasteiger partial charge in [-0.05, 0) is 73.7 Å². The zero-order chi connectivity index (χ0) is 27.9. The lowest BCUT2D eigenvalue weighted by atomic mass is 10.1. The number of methoxy groups -OCH3 is 1. The minimum atomic E-state index is -0.167. The molecule has 40 heavy (non-hydrogen) atoms. The van der Waals surface area contributed by atoms with Crippen LogP contribution in [0.1, 0.15) is 58.9 Å². The summed E-state index contributed by atoms with van der Waals surface area (Å²) in [6.07, 6.45) is 5.37. The molecule has 1 N–H and O–H groups in total. The lowest BCUT2D eigenvalue weighted by Gasteiger charge is -2.38. The van der Waals surface area contributed by atoms with Crippen LogP contribution < -0.4 is 19.9 Å². The van der Waals surface area contributed by atoms with Crippen molar-refractivity contribution in [2.45, 2.75) is 39.0 Å². The van der Waals surface area contributed by atoms with Gasteiger partial charge in [0.1, 0.15) is 5.75 Å². The molecule has 7 nitrogen and oxygen atoms in total. The number of nitrogens with one attached hydrogen (secondary N) is 1. The van der Waals surface area contributed by atoms with E-state index in [4.69, 9.17) is 4.74 Å². The second-order valence-corrected chi connectivity index (χ2v) is 10.6. The summed E-state index contributed by atoms with van der Waals surface area (Å²) in [5, 5.41) is 3.03. The van der Waals surface area contributed by atoms with Crippen molar-refractivity contribution in [3.05, 3.63) is 83.4 Å². The standard InChI is InChI=1S/C33H40N4O3/c1-3-4-9-25-12-14-26(15-13-25)32(38)34-27-16-17-29(28(24-27)33(39)37-18-7-8-19-37)35-20-22-36(23-21-35)30-10-5-6-11-31(30)40-2/h5-6,10-17,24H,3-4,7-9,18-23H2,1-2H3,(H,34,38). The van der Waals surface area contributed by atoms with E-state index in [1.165, 1.54) is 5.56 Å². The summed E-state index contributed by atoms with van der Waals surface area (Å²) in [5.41, 5.74) is 5.17. The molecule has 0 aromatic heterocycles. The molecule has 2 amide bonds. The topological polar surface area (TPSA) is 65.1 Å². The maximum atomic E-state index is 13.7. The molecule has 2 aliphatic heterocycles. The highest BCUT2D eigenvalue weighted by Crippen LogP contribution is 2.32. The first-order valence-electron chi connectivity index (χ1n) is 14.5. The van der Waals surface area contributed by atoms with Crippen LogP contribution in [-0.2, 0) is 6.42 Å². The molecule has 2 fully saturated rings. The maximum absolute atomic E-state index is 13.7. The number of hydrogen-bond donors (Lipinski definition) is 1. The molecule has 5 rings (SSSR count). The number of carbonyl (C=O) groups is 2. The lowest BCUT2D eigenvalue weighted by molar-refractivity contribution is 0.0793. The summed E-state index contributed by atoms with van der Waals surface area (Å²) in [4.78, 5) is 33.3. The van der Waals surface area contributed by atoms with Gasteiger partial charge in [-0.1, -0.05) is 37.6 Å². The van der Waals surface area contributed by atoms with Gasteiger partial charge in [-0.3, -0.25) is 9.59 Å². The van der Waals surface area contributed by atoms with E-state index in [1.807, 2.05) is 65.6 Å². The largest absolute Gasteiger partial charge is 0.495 e. The van der Waals surface area contributed by atoms with Crippen molar-refractivity contribution in [3.8, 4) is 5.75 Å². The number of rotatable bonds is 9. The van der Waals surface area contributed by atoms with Gasteiger partial charge >= 0.3 is 0 Å². The summed E-state index contributed by atoms with van der Waals surface area (Å²) in [6, 6.07) is 21.7. The van der Waals surface area contributed by atoms with Gasteiger partial charge in [-0.15, -0.1) is 0 Å². The van der Waals surface area contributed by atoms with E-state index < -0.39 is 0 Å². The van der Waals surface area contributed by atoms with E-state index in [0.29, 0.717) is 16.8 Å². The van der Waals surface area contributed by atoms with Crippen LogP contribution in [0.4, 0.5) is 17.1 Å². The predicted octanol–water partition coefficient (Wildman–Crippen LogP) is 5.85. The summed E-state index contributed by atoms with van der Waals surface area (Å²) in [6.45, 7) is 6.96. The van der Waals surface area contributed by atoms with E-state index >= 15 is 0 Å². The average Bonchev–Trinajstić information content (AvgIpc) is 3.55. The Balaban J connectivity index is 1.33. The Hall–Kier alpha value is -4.00. The Kier molecular flexibility index (Phi) is 8.89. The van der Waals surface area contributed by atoms with E-state index in [0.717, 1.165) is 88.5 Å². The molecule has 2 aliphatic rings. The van der Waals surface area contributed by atoms with Gasteiger partial charge in [0.15, 0.2) is 0 Å². The number of anilines is 3. The highest BCUT2D eigenvalue weighted by atomic mass is 16.5. The molecule has 2 heterocycles. The fourth-order valence-electron chi connectivity index (χ4n) is 5.64. The molecule has 210 valence electrons. The number of ether oxygens (including phenoxy) is 1. The van der Waals surface area contributed by atoms with Gasteiger partial charge in [0, 0.05) is 56.2 Å². The Labute approximate surface area is 237 Å². The summed E-state index contributed by atoms with van der Waals surface area (Å²) >= 11 is 0. The molecule has 2 saturated heterocycles. The molecule has 0 bridgehead atoms. The molecule has 0 radical (unpaired) electrons. The number of aryl methyl sites for hydroxylation is 1. The number of carbonyl (C=O) groups excluding carboxylic acids is 2. The average molecular weight is 541 g/mol. The zero-order valence-electron chi connectivity index (χ0n) is 23.7. The second-order valence-electron chi connectivity index (χ2n) is 10.6. The van der Waals surface area contributed by atoms with Crippen LogP contribution in [0.5, 0.6) is 5.75 Å². The molecule has 0 atom stereocenters. The van der Waals surface area contributed by atoms with E-state index in [9.17, 15) is 9.59 Å². The fourth-order valence-corrected chi connectivity index (χ4v) is 5.64. The van der Waals surface area contributed by atoms with Crippen LogP contribution in [0.15, 0.2) is 66.7 Å². The second kappa shape index (κ2) is 12.9. The van der Waals surface area contributed by atoms with Crippen molar-refractivity contribution in [1.29, 1.82) is 0 Å². The molecule has 0 spiro atoms. The van der Waals surface area contributed by atoms with Gasteiger partial charge in [0.2, 0.25) is 0 Å². The minimum absolute atomic E-state index is 0.0380. The molecule has 0 unspecified atom stereocenters. The van der Waals surface area contributed by atoms with Gasteiger partial charge in [0.25, 0.3) is 11.8 Å². The zero-order valence-corrected chi connectivity index (χ0v) is 23.7. The smallest absolute Gasteiger partial charge is 0.256 e.